The van der Waals surface area contributed by atoms with Crippen LogP contribution in [0.3, 0.4) is 0 Å². The highest BCUT2D eigenvalue weighted by Gasteiger charge is 2.36. The van der Waals surface area contributed by atoms with Crippen molar-refractivity contribution in [1.29, 1.82) is 5.26 Å². The lowest BCUT2D eigenvalue weighted by Gasteiger charge is -2.21. The van der Waals surface area contributed by atoms with Crippen molar-refractivity contribution in [2.75, 3.05) is 11.5 Å². The van der Waals surface area contributed by atoms with E-state index in [-0.39, 0.29) is 10.6 Å². The first-order valence-corrected chi connectivity index (χ1v) is 7.28. The molecule has 0 radical (unpaired) electrons. The molecule has 1 heterocycles. The van der Waals surface area contributed by atoms with Gasteiger partial charge in [0.05, 0.1) is 16.7 Å². The Morgan fingerprint density at radius 2 is 2.37 bits per heavy atom. The summed E-state index contributed by atoms with van der Waals surface area (Å²) in [6.07, 6.45) is 0.609. The third kappa shape index (κ3) is 2.85. The van der Waals surface area contributed by atoms with E-state index in [4.69, 9.17) is 11.6 Å². The summed E-state index contributed by atoms with van der Waals surface area (Å²) in [6.45, 7) is 1.56. The summed E-state index contributed by atoms with van der Waals surface area (Å²) in [7, 11) is 0. The van der Waals surface area contributed by atoms with Crippen molar-refractivity contribution >= 4 is 29.3 Å². The summed E-state index contributed by atoms with van der Waals surface area (Å²) < 4.78 is 13.3. The van der Waals surface area contributed by atoms with Gasteiger partial charge in [-0.2, -0.15) is 17.0 Å². The van der Waals surface area contributed by atoms with Gasteiger partial charge >= 0.3 is 0 Å². The van der Waals surface area contributed by atoms with Crippen LogP contribution in [-0.4, -0.2) is 23.0 Å². The van der Waals surface area contributed by atoms with Crippen LogP contribution >= 0.6 is 23.4 Å². The predicted octanol–water partition coefficient (Wildman–Crippen LogP) is 2.92. The van der Waals surface area contributed by atoms with E-state index in [2.05, 4.69) is 11.4 Å². The lowest BCUT2D eigenvalue weighted by Crippen LogP contribution is -2.47. The van der Waals surface area contributed by atoms with Crippen LogP contribution in [0.25, 0.3) is 0 Å². The zero-order chi connectivity index (χ0) is 14.0. The van der Waals surface area contributed by atoms with E-state index in [0.29, 0.717) is 17.7 Å². The molecule has 2 rings (SSSR count). The number of nitrogens with zero attached hydrogens (tertiary/aromatic N) is 1. The van der Waals surface area contributed by atoms with E-state index in [1.807, 2.05) is 0 Å². The Hall–Kier alpha value is -1.25. The molecule has 1 aromatic rings. The van der Waals surface area contributed by atoms with Crippen LogP contribution in [0.4, 0.5) is 4.39 Å². The van der Waals surface area contributed by atoms with Crippen molar-refractivity contribution in [1.82, 2.24) is 5.32 Å². The largest absolute Gasteiger partial charge is 0.333 e. The van der Waals surface area contributed by atoms with E-state index < -0.39 is 17.3 Å². The summed E-state index contributed by atoms with van der Waals surface area (Å²) >= 11 is 7.50. The molecule has 1 aromatic carbocycles. The van der Waals surface area contributed by atoms with E-state index >= 15 is 0 Å². The second-order valence-electron chi connectivity index (χ2n) is 4.53. The molecule has 0 aromatic heterocycles. The molecule has 1 saturated heterocycles. The predicted molar refractivity (Wildman–Crippen MR) is 73.9 cm³/mol. The number of amides is 1. The Morgan fingerprint density at radius 3 is 2.95 bits per heavy atom. The quantitative estimate of drug-likeness (QED) is 0.913. The van der Waals surface area contributed by atoms with Gasteiger partial charge in [-0.05, 0) is 36.8 Å². The van der Waals surface area contributed by atoms with E-state index in [0.717, 1.165) is 11.8 Å². The molecular weight excluding hydrogens is 287 g/mol. The molecular formula is C13H12ClFN2OS. The highest BCUT2D eigenvalue weighted by atomic mass is 35.5. The average molecular weight is 299 g/mol. The Labute approximate surface area is 120 Å². The van der Waals surface area contributed by atoms with E-state index in [1.54, 1.807) is 18.7 Å². The first-order valence-electron chi connectivity index (χ1n) is 5.74. The number of rotatable bonds is 2. The molecule has 19 heavy (non-hydrogen) atoms. The topological polar surface area (TPSA) is 52.9 Å². The van der Waals surface area contributed by atoms with Crippen molar-refractivity contribution in [2.24, 2.45) is 0 Å². The Bertz CT molecular complexity index is 564. The van der Waals surface area contributed by atoms with Gasteiger partial charge in [0.25, 0.3) is 5.91 Å². The molecule has 1 N–H and O–H groups in total. The molecule has 0 spiro atoms. The molecule has 0 saturated carbocycles. The van der Waals surface area contributed by atoms with Gasteiger partial charge < -0.3 is 5.32 Å². The normalized spacial score (nSPS) is 22.0. The zero-order valence-electron chi connectivity index (χ0n) is 10.3. The molecule has 100 valence electrons. The van der Waals surface area contributed by atoms with Crippen LogP contribution in [0.15, 0.2) is 12.1 Å². The fourth-order valence-corrected chi connectivity index (χ4v) is 3.40. The number of thioether (sulfide) groups is 1. The number of nitriles is 1. The molecule has 1 unspecified atom stereocenters. The highest BCUT2D eigenvalue weighted by molar-refractivity contribution is 7.99. The number of hydrogen-bond acceptors (Lipinski definition) is 3. The lowest BCUT2D eigenvalue weighted by atomic mass is 10.00. The van der Waals surface area contributed by atoms with Crippen LogP contribution in [0.2, 0.25) is 5.02 Å². The van der Waals surface area contributed by atoms with E-state index in [1.165, 1.54) is 6.07 Å². The summed E-state index contributed by atoms with van der Waals surface area (Å²) in [4.78, 5) is 12.2. The maximum absolute atomic E-state index is 13.3. The fourth-order valence-electron chi connectivity index (χ4n) is 1.90. The molecule has 0 bridgehead atoms. The molecule has 1 atom stereocenters. The molecule has 1 aliphatic rings. The maximum atomic E-state index is 13.3. The van der Waals surface area contributed by atoms with Gasteiger partial charge in [-0.15, -0.1) is 0 Å². The number of nitrogens with one attached hydrogen (secondary N) is 1. The minimum Gasteiger partial charge on any atom is -0.333 e. The summed E-state index contributed by atoms with van der Waals surface area (Å²) in [6, 6.07) is 4.68. The number of aryl methyl sites for hydroxylation is 1. The Kier molecular flexibility index (Phi) is 4.02. The second-order valence-corrected chi connectivity index (χ2v) is 6.04. The van der Waals surface area contributed by atoms with Crippen molar-refractivity contribution < 1.29 is 9.18 Å². The monoisotopic (exact) mass is 298 g/mol. The fraction of sp³-hybridized carbons (Fsp3) is 0.385. The molecule has 1 aliphatic heterocycles. The molecule has 1 fully saturated rings. The number of carbonyl (C=O) groups excluding carboxylic acids is 1. The van der Waals surface area contributed by atoms with Gasteiger partial charge in [0.1, 0.15) is 11.4 Å². The van der Waals surface area contributed by atoms with Gasteiger partial charge in [0.2, 0.25) is 0 Å². The van der Waals surface area contributed by atoms with Crippen LogP contribution in [0, 0.1) is 24.1 Å². The van der Waals surface area contributed by atoms with Crippen molar-refractivity contribution in [3.8, 4) is 6.07 Å². The lowest BCUT2D eigenvalue weighted by molar-refractivity contribution is 0.0926. The van der Waals surface area contributed by atoms with Crippen LogP contribution in [0.1, 0.15) is 22.3 Å². The van der Waals surface area contributed by atoms with Gasteiger partial charge in [0, 0.05) is 5.75 Å². The van der Waals surface area contributed by atoms with Gasteiger partial charge in [0.15, 0.2) is 0 Å². The minimum absolute atomic E-state index is 0.0549. The molecule has 1 amide bonds. The highest BCUT2D eigenvalue weighted by Crippen LogP contribution is 2.28. The number of benzene rings is 1. The van der Waals surface area contributed by atoms with Crippen LogP contribution in [0.5, 0.6) is 0 Å². The summed E-state index contributed by atoms with van der Waals surface area (Å²) in [5.41, 5.74) is -0.290. The Balaban J connectivity index is 2.26. The number of carbonyl (C=O) groups is 1. The maximum Gasteiger partial charge on any atom is 0.254 e. The van der Waals surface area contributed by atoms with Crippen LogP contribution in [-0.2, 0) is 0 Å². The van der Waals surface area contributed by atoms with E-state index in [9.17, 15) is 14.4 Å². The number of halogens is 2. The smallest absolute Gasteiger partial charge is 0.254 e. The summed E-state index contributed by atoms with van der Waals surface area (Å²) in [5, 5.41) is 12.0. The van der Waals surface area contributed by atoms with Crippen molar-refractivity contribution in [3.63, 3.8) is 0 Å². The van der Waals surface area contributed by atoms with Gasteiger partial charge in [-0.1, -0.05) is 11.6 Å². The average Bonchev–Trinajstić information content (AvgIpc) is 2.83. The number of hydrogen-bond donors (Lipinski definition) is 1. The summed E-state index contributed by atoms with van der Waals surface area (Å²) in [5.74, 6) is 0.516. The van der Waals surface area contributed by atoms with Crippen molar-refractivity contribution in [2.45, 2.75) is 18.9 Å². The minimum atomic E-state index is -0.840. The molecule has 6 heteroatoms. The SMILES string of the molecule is Cc1cc(C(=O)NC2(C#N)CCSC2)c(Cl)cc1F. The third-order valence-corrected chi connectivity index (χ3v) is 4.58. The Morgan fingerprint density at radius 1 is 1.63 bits per heavy atom. The third-order valence-electron chi connectivity index (χ3n) is 3.08. The van der Waals surface area contributed by atoms with Crippen LogP contribution < -0.4 is 5.32 Å². The zero-order valence-corrected chi connectivity index (χ0v) is 11.9. The molecule has 0 aliphatic carbocycles. The molecule has 3 nitrogen and oxygen atoms in total. The second kappa shape index (κ2) is 5.40. The van der Waals surface area contributed by atoms with Gasteiger partial charge in [-0.3, -0.25) is 4.79 Å². The first kappa shape index (κ1) is 14.2. The first-order chi connectivity index (χ1) is 8.97. The van der Waals surface area contributed by atoms with Crippen molar-refractivity contribution in [3.05, 3.63) is 34.1 Å². The van der Waals surface area contributed by atoms with Gasteiger partial charge in [-0.25, -0.2) is 4.39 Å². The standard InChI is InChI=1S/C13H12ClFN2OS/c1-8-4-9(10(14)5-11(8)15)12(18)17-13(6-16)2-3-19-7-13/h4-5H,2-3,7H2,1H3,(H,17,18).